The van der Waals surface area contributed by atoms with Gasteiger partial charge in [0.25, 0.3) is 0 Å². The molecule has 2 rings (SSSR count). The van der Waals surface area contributed by atoms with Crippen molar-refractivity contribution in [3.63, 3.8) is 0 Å². The van der Waals surface area contributed by atoms with E-state index in [2.05, 4.69) is 5.32 Å². The van der Waals surface area contributed by atoms with Crippen molar-refractivity contribution >= 4 is 0 Å². The van der Waals surface area contributed by atoms with E-state index in [0.717, 1.165) is 5.56 Å². The number of methoxy groups -OCH3 is 1. The number of hydrogen-bond acceptors (Lipinski definition) is 5. The van der Waals surface area contributed by atoms with Crippen molar-refractivity contribution in [3.8, 4) is 11.5 Å². The van der Waals surface area contributed by atoms with Crippen molar-refractivity contribution in [3.05, 3.63) is 23.8 Å². The summed E-state index contributed by atoms with van der Waals surface area (Å²) in [4.78, 5) is 0. The Morgan fingerprint density at radius 1 is 1.56 bits per heavy atom. The van der Waals surface area contributed by atoms with Crippen LogP contribution in [0.1, 0.15) is 18.0 Å². The van der Waals surface area contributed by atoms with Gasteiger partial charge in [0.05, 0.1) is 12.6 Å². The van der Waals surface area contributed by atoms with Gasteiger partial charge in [-0.3, -0.25) is 0 Å². The SMILES string of the molecule is COCC(CCO)NC1COc2cc(O)ccc21. The second-order valence-corrected chi connectivity index (χ2v) is 4.42. The molecule has 3 N–H and O–H groups in total. The summed E-state index contributed by atoms with van der Waals surface area (Å²) in [7, 11) is 1.64. The van der Waals surface area contributed by atoms with E-state index >= 15 is 0 Å². The number of ether oxygens (including phenoxy) is 2. The number of rotatable bonds is 6. The van der Waals surface area contributed by atoms with E-state index < -0.39 is 0 Å². The van der Waals surface area contributed by atoms with Crippen LogP contribution < -0.4 is 10.1 Å². The Kier molecular flexibility index (Phi) is 4.41. The maximum Gasteiger partial charge on any atom is 0.127 e. The lowest BCUT2D eigenvalue weighted by molar-refractivity contribution is 0.139. The van der Waals surface area contributed by atoms with E-state index in [4.69, 9.17) is 14.6 Å². The Morgan fingerprint density at radius 2 is 2.39 bits per heavy atom. The molecule has 0 aromatic heterocycles. The molecule has 1 aliphatic heterocycles. The summed E-state index contributed by atoms with van der Waals surface area (Å²) >= 11 is 0. The van der Waals surface area contributed by atoms with Gasteiger partial charge in [-0.15, -0.1) is 0 Å². The van der Waals surface area contributed by atoms with E-state index in [-0.39, 0.29) is 24.4 Å². The lowest BCUT2D eigenvalue weighted by Gasteiger charge is -2.21. The number of aliphatic hydroxyl groups is 1. The molecule has 0 saturated heterocycles. The largest absolute Gasteiger partial charge is 0.508 e. The summed E-state index contributed by atoms with van der Waals surface area (Å²) in [6.07, 6.45) is 0.637. The molecule has 0 radical (unpaired) electrons. The molecule has 18 heavy (non-hydrogen) atoms. The number of aliphatic hydroxyl groups excluding tert-OH is 1. The highest BCUT2D eigenvalue weighted by atomic mass is 16.5. The molecular formula is C13H19NO4. The smallest absolute Gasteiger partial charge is 0.127 e. The van der Waals surface area contributed by atoms with Crippen molar-refractivity contribution in [2.24, 2.45) is 0 Å². The number of benzene rings is 1. The van der Waals surface area contributed by atoms with Gasteiger partial charge in [-0.2, -0.15) is 0 Å². The van der Waals surface area contributed by atoms with Gasteiger partial charge in [-0.25, -0.2) is 0 Å². The summed E-state index contributed by atoms with van der Waals surface area (Å²) in [5, 5.41) is 21.8. The van der Waals surface area contributed by atoms with Gasteiger partial charge in [0.2, 0.25) is 0 Å². The van der Waals surface area contributed by atoms with Crippen LogP contribution in [0.3, 0.4) is 0 Å². The molecule has 0 fully saturated rings. The van der Waals surface area contributed by atoms with E-state index in [1.165, 1.54) is 0 Å². The van der Waals surface area contributed by atoms with Crippen LogP contribution >= 0.6 is 0 Å². The quantitative estimate of drug-likeness (QED) is 0.700. The molecule has 0 amide bonds. The predicted molar refractivity (Wildman–Crippen MR) is 66.8 cm³/mol. The van der Waals surface area contributed by atoms with Gasteiger partial charge in [-0.05, 0) is 18.6 Å². The summed E-state index contributed by atoms with van der Waals surface area (Å²) in [6, 6.07) is 5.30. The molecule has 2 unspecified atom stereocenters. The fourth-order valence-corrected chi connectivity index (χ4v) is 2.19. The first-order valence-electron chi connectivity index (χ1n) is 6.06. The van der Waals surface area contributed by atoms with Crippen LogP contribution in [0.2, 0.25) is 0 Å². The maximum absolute atomic E-state index is 9.38. The number of hydrogen-bond donors (Lipinski definition) is 3. The number of phenols is 1. The third kappa shape index (κ3) is 2.93. The summed E-state index contributed by atoms with van der Waals surface area (Å²) < 4.78 is 10.6. The van der Waals surface area contributed by atoms with Gasteiger partial charge in [-0.1, -0.05) is 0 Å². The molecule has 0 bridgehead atoms. The minimum absolute atomic E-state index is 0.0762. The van der Waals surface area contributed by atoms with Crippen LogP contribution in [0, 0.1) is 0 Å². The molecule has 1 aromatic carbocycles. The van der Waals surface area contributed by atoms with Gasteiger partial charge in [0, 0.05) is 31.4 Å². The monoisotopic (exact) mass is 253 g/mol. The van der Waals surface area contributed by atoms with E-state index in [1.54, 1.807) is 19.2 Å². The molecular weight excluding hydrogens is 234 g/mol. The Morgan fingerprint density at radius 3 is 3.11 bits per heavy atom. The molecule has 5 nitrogen and oxygen atoms in total. The van der Waals surface area contributed by atoms with Crippen LogP contribution in [0.15, 0.2) is 18.2 Å². The molecule has 1 aliphatic rings. The van der Waals surface area contributed by atoms with Crippen molar-refractivity contribution < 1.29 is 19.7 Å². The van der Waals surface area contributed by atoms with Crippen LogP contribution in [0.25, 0.3) is 0 Å². The van der Waals surface area contributed by atoms with Crippen LogP contribution in [-0.2, 0) is 4.74 Å². The summed E-state index contributed by atoms with van der Waals surface area (Å²) in [6.45, 7) is 1.20. The van der Waals surface area contributed by atoms with Gasteiger partial charge in [0.1, 0.15) is 18.1 Å². The predicted octanol–water partition coefficient (Wildman–Crippen LogP) is 0.813. The van der Waals surface area contributed by atoms with Gasteiger partial charge < -0.3 is 25.0 Å². The Labute approximate surface area is 106 Å². The average Bonchev–Trinajstić information content (AvgIpc) is 2.72. The highest BCUT2D eigenvalue weighted by Crippen LogP contribution is 2.35. The molecule has 2 atom stereocenters. The number of aromatic hydroxyl groups is 1. The second kappa shape index (κ2) is 6.04. The zero-order valence-corrected chi connectivity index (χ0v) is 10.4. The van der Waals surface area contributed by atoms with E-state index in [0.29, 0.717) is 25.4 Å². The topological polar surface area (TPSA) is 71.0 Å². The normalized spacial score (nSPS) is 19.3. The molecule has 0 spiro atoms. The summed E-state index contributed by atoms with van der Waals surface area (Å²) in [5.74, 6) is 0.922. The van der Waals surface area contributed by atoms with Crippen LogP contribution in [0.4, 0.5) is 0 Å². The van der Waals surface area contributed by atoms with Crippen LogP contribution in [0.5, 0.6) is 11.5 Å². The van der Waals surface area contributed by atoms with Gasteiger partial charge >= 0.3 is 0 Å². The molecule has 5 heteroatoms. The fourth-order valence-electron chi connectivity index (χ4n) is 2.19. The first-order chi connectivity index (χ1) is 8.74. The molecule has 0 aliphatic carbocycles. The lowest BCUT2D eigenvalue weighted by atomic mass is 10.1. The zero-order valence-electron chi connectivity index (χ0n) is 10.4. The first-order valence-corrected chi connectivity index (χ1v) is 6.06. The van der Waals surface area contributed by atoms with Crippen molar-refractivity contribution in [1.82, 2.24) is 5.32 Å². The van der Waals surface area contributed by atoms with E-state index in [9.17, 15) is 5.11 Å². The minimum Gasteiger partial charge on any atom is -0.508 e. The Hall–Kier alpha value is -1.30. The van der Waals surface area contributed by atoms with E-state index in [1.807, 2.05) is 6.07 Å². The van der Waals surface area contributed by atoms with Crippen molar-refractivity contribution in [2.45, 2.75) is 18.5 Å². The minimum atomic E-state index is 0.0762. The average molecular weight is 253 g/mol. The van der Waals surface area contributed by atoms with Crippen molar-refractivity contribution in [1.29, 1.82) is 0 Å². The number of nitrogens with one attached hydrogen (secondary N) is 1. The highest BCUT2D eigenvalue weighted by Gasteiger charge is 2.26. The Balaban J connectivity index is 2.03. The summed E-state index contributed by atoms with van der Waals surface area (Å²) in [5.41, 5.74) is 1.03. The first kappa shape index (κ1) is 13.1. The number of phenolic OH excluding ortho intramolecular Hbond substituents is 1. The molecule has 1 aromatic rings. The standard InChI is InChI=1S/C13H19NO4/c1-17-7-9(4-5-15)14-12-8-18-13-6-10(16)2-3-11(12)13/h2-3,6,9,12,14-16H,4-5,7-8H2,1H3. The molecule has 1 heterocycles. The Bertz CT molecular complexity index is 391. The lowest BCUT2D eigenvalue weighted by Crippen LogP contribution is -2.37. The second-order valence-electron chi connectivity index (χ2n) is 4.42. The third-order valence-corrected chi connectivity index (χ3v) is 3.06. The van der Waals surface area contributed by atoms with Crippen molar-refractivity contribution in [2.75, 3.05) is 26.9 Å². The number of fused-ring (bicyclic) bond motifs is 1. The third-order valence-electron chi connectivity index (χ3n) is 3.06. The maximum atomic E-state index is 9.38. The zero-order chi connectivity index (χ0) is 13.0. The van der Waals surface area contributed by atoms with Crippen LogP contribution in [-0.4, -0.2) is 43.2 Å². The highest BCUT2D eigenvalue weighted by molar-refractivity contribution is 5.44. The fraction of sp³-hybridized carbons (Fsp3) is 0.538. The molecule has 0 saturated carbocycles. The van der Waals surface area contributed by atoms with Gasteiger partial charge in [0.15, 0.2) is 0 Å². The molecule has 100 valence electrons.